The Morgan fingerprint density at radius 3 is 2.74 bits per heavy atom. The maximum atomic E-state index is 5.75. The molecule has 2 aromatic rings. The number of hydrogen-bond acceptors (Lipinski definition) is 5. The lowest BCUT2D eigenvalue weighted by atomic mass is 10.2. The van der Waals surface area contributed by atoms with E-state index in [0.29, 0.717) is 30.7 Å². The molecule has 2 N–H and O–H groups in total. The Balaban J connectivity index is 2.25. The first-order chi connectivity index (χ1) is 9.24. The van der Waals surface area contributed by atoms with Crippen molar-refractivity contribution in [3.05, 3.63) is 41.7 Å². The van der Waals surface area contributed by atoms with Crippen LogP contribution in [0.5, 0.6) is 17.5 Å². The minimum Gasteiger partial charge on any atom is -0.478 e. The van der Waals surface area contributed by atoms with E-state index in [1.807, 2.05) is 38.1 Å². The number of aromatic nitrogens is 2. The Hall–Kier alpha value is -2.14. The number of rotatable bonds is 5. The average Bonchev–Trinajstić information content (AvgIpc) is 2.44. The Morgan fingerprint density at radius 1 is 1.21 bits per heavy atom. The molecule has 0 atom stereocenters. The predicted molar refractivity (Wildman–Crippen MR) is 72.3 cm³/mol. The van der Waals surface area contributed by atoms with Crippen molar-refractivity contribution in [2.24, 2.45) is 5.73 Å². The first-order valence-electron chi connectivity index (χ1n) is 6.15. The molecule has 2 rings (SSSR count). The third-order valence-electron chi connectivity index (χ3n) is 2.62. The van der Waals surface area contributed by atoms with Gasteiger partial charge in [0, 0.05) is 6.54 Å². The molecule has 0 aliphatic carbocycles. The summed E-state index contributed by atoms with van der Waals surface area (Å²) in [6.07, 6.45) is 1.43. The highest BCUT2D eigenvalue weighted by molar-refractivity contribution is 5.37. The molecule has 0 aliphatic rings. The van der Waals surface area contributed by atoms with Crippen LogP contribution in [0.15, 0.2) is 30.6 Å². The fourth-order valence-corrected chi connectivity index (χ4v) is 1.65. The number of hydrogen-bond donors (Lipinski definition) is 1. The minimum atomic E-state index is 0.476. The number of nitrogens with zero attached hydrogens (tertiary/aromatic N) is 2. The van der Waals surface area contributed by atoms with Gasteiger partial charge in [-0.25, -0.2) is 9.97 Å². The molecule has 0 saturated carbocycles. The van der Waals surface area contributed by atoms with Gasteiger partial charge in [-0.2, -0.15) is 0 Å². The molecule has 0 unspecified atom stereocenters. The van der Waals surface area contributed by atoms with E-state index < -0.39 is 0 Å². The molecule has 1 heterocycles. The summed E-state index contributed by atoms with van der Waals surface area (Å²) in [5, 5.41) is 0. The summed E-state index contributed by atoms with van der Waals surface area (Å²) >= 11 is 0. The zero-order valence-corrected chi connectivity index (χ0v) is 11.1. The summed E-state index contributed by atoms with van der Waals surface area (Å²) in [6, 6.07) is 7.60. The Kier molecular flexibility index (Phi) is 4.30. The molecular weight excluding hydrogens is 242 g/mol. The SMILES string of the molecule is CCOc1ncnc(Oc2cccc(CN)c2)c1C. The molecular formula is C14H17N3O2. The van der Waals surface area contributed by atoms with Crippen molar-refractivity contribution in [1.82, 2.24) is 9.97 Å². The summed E-state index contributed by atoms with van der Waals surface area (Å²) < 4.78 is 11.2. The van der Waals surface area contributed by atoms with E-state index in [-0.39, 0.29) is 0 Å². The molecule has 0 saturated heterocycles. The molecule has 5 nitrogen and oxygen atoms in total. The van der Waals surface area contributed by atoms with E-state index in [0.717, 1.165) is 11.1 Å². The highest BCUT2D eigenvalue weighted by Gasteiger charge is 2.10. The Labute approximate surface area is 112 Å². The summed E-state index contributed by atoms with van der Waals surface area (Å²) in [5.41, 5.74) is 7.39. The zero-order valence-electron chi connectivity index (χ0n) is 11.1. The second-order valence-electron chi connectivity index (χ2n) is 4.00. The lowest BCUT2D eigenvalue weighted by Crippen LogP contribution is -2.01. The third kappa shape index (κ3) is 3.20. The van der Waals surface area contributed by atoms with Crippen LogP contribution in [0.3, 0.4) is 0 Å². The molecule has 0 aliphatic heterocycles. The largest absolute Gasteiger partial charge is 0.478 e. The molecule has 19 heavy (non-hydrogen) atoms. The van der Waals surface area contributed by atoms with Gasteiger partial charge >= 0.3 is 0 Å². The maximum absolute atomic E-state index is 5.75. The second kappa shape index (κ2) is 6.15. The summed E-state index contributed by atoms with van der Waals surface area (Å²) in [6.45, 7) is 4.81. The van der Waals surface area contributed by atoms with Gasteiger partial charge in [0.05, 0.1) is 12.2 Å². The first-order valence-corrected chi connectivity index (χ1v) is 6.15. The number of ether oxygens (including phenoxy) is 2. The van der Waals surface area contributed by atoms with E-state index >= 15 is 0 Å². The number of nitrogens with two attached hydrogens (primary N) is 1. The second-order valence-corrected chi connectivity index (χ2v) is 4.00. The summed E-state index contributed by atoms with van der Waals surface area (Å²) in [4.78, 5) is 8.20. The van der Waals surface area contributed by atoms with Crippen LogP contribution in [0.25, 0.3) is 0 Å². The van der Waals surface area contributed by atoms with Gasteiger partial charge in [-0.1, -0.05) is 12.1 Å². The first kappa shape index (κ1) is 13.3. The van der Waals surface area contributed by atoms with Crippen LogP contribution in [0.4, 0.5) is 0 Å². The van der Waals surface area contributed by atoms with Crippen LogP contribution in [0.1, 0.15) is 18.1 Å². The van der Waals surface area contributed by atoms with Crippen LogP contribution < -0.4 is 15.2 Å². The van der Waals surface area contributed by atoms with Crippen molar-refractivity contribution in [2.45, 2.75) is 20.4 Å². The van der Waals surface area contributed by atoms with Crippen molar-refractivity contribution in [1.29, 1.82) is 0 Å². The van der Waals surface area contributed by atoms with Gasteiger partial charge in [-0.05, 0) is 31.5 Å². The molecule has 0 spiro atoms. The third-order valence-corrected chi connectivity index (χ3v) is 2.62. The van der Waals surface area contributed by atoms with Gasteiger partial charge in [0.1, 0.15) is 12.1 Å². The molecule has 100 valence electrons. The fourth-order valence-electron chi connectivity index (χ4n) is 1.65. The monoisotopic (exact) mass is 259 g/mol. The van der Waals surface area contributed by atoms with Crippen molar-refractivity contribution < 1.29 is 9.47 Å². The van der Waals surface area contributed by atoms with Gasteiger partial charge in [0.2, 0.25) is 11.8 Å². The normalized spacial score (nSPS) is 10.3. The van der Waals surface area contributed by atoms with Crippen LogP contribution in [-0.2, 0) is 6.54 Å². The smallest absolute Gasteiger partial charge is 0.229 e. The van der Waals surface area contributed by atoms with Crippen LogP contribution >= 0.6 is 0 Å². The van der Waals surface area contributed by atoms with Gasteiger partial charge in [-0.3, -0.25) is 0 Å². The standard InChI is InChI=1S/C14H17N3O2/c1-3-18-13-10(2)14(17-9-16-13)19-12-6-4-5-11(7-12)8-15/h4-7,9H,3,8,15H2,1-2H3. The molecule has 5 heteroatoms. The van der Waals surface area contributed by atoms with Crippen molar-refractivity contribution in [2.75, 3.05) is 6.61 Å². The molecule has 1 aromatic carbocycles. The van der Waals surface area contributed by atoms with Gasteiger partial charge in [0.15, 0.2) is 0 Å². The number of benzene rings is 1. The average molecular weight is 259 g/mol. The highest BCUT2D eigenvalue weighted by atomic mass is 16.5. The van der Waals surface area contributed by atoms with Gasteiger partial charge in [0.25, 0.3) is 0 Å². The van der Waals surface area contributed by atoms with Crippen molar-refractivity contribution in [3.63, 3.8) is 0 Å². The van der Waals surface area contributed by atoms with Gasteiger partial charge < -0.3 is 15.2 Å². The van der Waals surface area contributed by atoms with E-state index in [9.17, 15) is 0 Å². The minimum absolute atomic E-state index is 0.476. The topological polar surface area (TPSA) is 70.3 Å². The summed E-state index contributed by atoms with van der Waals surface area (Å²) in [7, 11) is 0. The molecule has 0 bridgehead atoms. The zero-order chi connectivity index (χ0) is 13.7. The van der Waals surface area contributed by atoms with Crippen molar-refractivity contribution >= 4 is 0 Å². The fraction of sp³-hybridized carbons (Fsp3) is 0.286. The molecule has 0 amide bonds. The van der Waals surface area contributed by atoms with Crippen molar-refractivity contribution in [3.8, 4) is 17.5 Å². The Morgan fingerprint density at radius 2 is 2.00 bits per heavy atom. The van der Waals surface area contributed by atoms with E-state index in [1.165, 1.54) is 6.33 Å². The quantitative estimate of drug-likeness (QED) is 0.893. The lowest BCUT2D eigenvalue weighted by molar-refractivity contribution is 0.319. The Bertz CT molecular complexity index is 558. The predicted octanol–water partition coefficient (Wildman–Crippen LogP) is 2.43. The van der Waals surface area contributed by atoms with Crippen LogP contribution in [-0.4, -0.2) is 16.6 Å². The molecule has 0 radical (unpaired) electrons. The van der Waals surface area contributed by atoms with E-state index in [1.54, 1.807) is 0 Å². The maximum Gasteiger partial charge on any atom is 0.229 e. The highest BCUT2D eigenvalue weighted by Crippen LogP contribution is 2.27. The lowest BCUT2D eigenvalue weighted by Gasteiger charge is -2.10. The molecule has 0 fully saturated rings. The molecule has 1 aromatic heterocycles. The van der Waals surface area contributed by atoms with Gasteiger partial charge in [-0.15, -0.1) is 0 Å². The van der Waals surface area contributed by atoms with Crippen LogP contribution in [0, 0.1) is 6.92 Å². The summed E-state index contributed by atoms with van der Waals surface area (Å²) in [5.74, 6) is 1.74. The van der Waals surface area contributed by atoms with E-state index in [4.69, 9.17) is 15.2 Å². The van der Waals surface area contributed by atoms with Crippen LogP contribution in [0.2, 0.25) is 0 Å². The van der Waals surface area contributed by atoms with E-state index in [2.05, 4.69) is 9.97 Å².